The van der Waals surface area contributed by atoms with Gasteiger partial charge in [-0.25, -0.2) is 4.39 Å². The summed E-state index contributed by atoms with van der Waals surface area (Å²) in [6.07, 6.45) is 0. The van der Waals surface area contributed by atoms with E-state index in [4.69, 9.17) is 0 Å². The summed E-state index contributed by atoms with van der Waals surface area (Å²) in [5.41, 5.74) is 0.732. The van der Waals surface area contributed by atoms with Gasteiger partial charge in [0.25, 0.3) is 11.6 Å². The van der Waals surface area contributed by atoms with Crippen LogP contribution in [0, 0.1) is 22.9 Å². The molecule has 2 aromatic carbocycles. The van der Waals surface area contributed by atoms with Crippen LogP contribution < -0.4 is 5.32 Å². The Morgan fingerprint density at radius 3 is 2.62 bits per heavy atom. The van der Waals surface area contributed by atoms with E-state index in [9.17, 15) is 19.3 Å². The van der Waals surface area contributed by atoms with Crippen molar-refractivity contribution in [3.05, 3.63) is 67.9 Å². The summed E-state index contributed by atoms with van der Waals surface area (Å²) >= 11 is 3.01. The Morgan fingerprint density at radius 1 is 1.29 bits per heavy atom. The van der Waals surface area contributed by atoms with Crippen molar-refractivity contribution in [2.75, 3.05) is 5.32 Å². The zero-order chi connectivity index (χ0) is 15.6. The van der Waals surface area contributed by atoms with E-state index in [0.717, 1.165) is 6.07 Å². The lowest BCUT2D eigenvalue weighted by molar-refractivity contribution is -0.385. The molecule has 0 spiro atoms. The molecule has 2 aromatic rings. The van der Waals surface area contributed by atoms with Crippen molar-refractivity contribution < 1.29 is 14.1 Å². The summed E-state index contributed by atoms with van der Waals surface area (Å²) in [5.74, 6) is -1.05. The molecule has 108 valence electrons. The molecule has 0 aliphatic rings. The minimum Gasteiger partial charge on any atom is -0.322 e. The Kier molecular flexibility index (Phi) is 4.32. The van der Waals surface area contributed by atoms with Crippen LogP contribution in [-0.4, -0.2) is 10.8 Å². The fourth-order valence-electron chi connectivity index (χ4n) is 1.72. The van der Waals surface area contributed by atoms with Crippen LogP contribution in [-0.2, 0) is 0 Å². The van der Waals surface area contributed by atoms with Gasteiger partial charge in [0.1, 0.15) is 5.82 Å². The number of nitro benzene ring substituents is 1. The fourth-order valence-corrected chi connectivity index (χ4v) is 1.97. The maximum Gasteiger partial charge on any atom is 0.273 e. The maximum absolute atomic E-state index is 13.4. The summed E-state index contributed by atoms with van der Waals surface area (Å²) < 4.78 is 13.7. The molecule has 7 heteroatoms. The third-order valence-corrected chi connectivity index (χ3v) is 3.49. The van der Waals surface area contributed by atoms with E-state index in [-0.39, 0.29) is 21.4 Å². The van der Waals surface area contributed by atoms with Gasteiger partial charge in [-0.05, 0) is 47.1 Å². The van der Waals surface area contributed by atoms with Crippen molar-refractivity contribution in [3.8, 4) is 0 Å². The lowest BCUT2D eigenvalue weighted by atomic mass is 10.1. The van der Waals surface area contributed by atoms with Crippen LogP contribution >= 0.6 is 15.9 Å². The number of rotatable bonds is 3. The fraction of sp³-hybridized carbons (Fsp3) is 0.0714. The van der Waals surface area contributed by atoms with Crippen molar-refractivity contribution in [1.82, 2.24) is 0 Å². The van der Waals surface area contributed by atoms with Gasteiger partial charge in [0, 0.05) is 22.9 Å². The van der Waals surface area contributed by atoms with Crippen molar-refractivity contribution in [2.24, 2.45) is 0 Å². The molecule has 1 amide bonds. The van der Waals surface area contributed by atoms with Crippen LogP contribution in [0.1, 0.15) is 15.9 Å². The number of anilines is 1. The molecule has 0 aliphatic heterocycles. The average Bonchev–Trinajstić information content (AvgIpc) is 2.43. The van der Waals surface area contributed by atoms with Gasteiger partial charge in [-0.2, -0.15) is 0 Å². The quantitative estimate of drug-likeness (QED) is 0.668. The van der Waals surface area contributed by atoms with Crippen molar-refractivity contribution in [1.29, 1.82) is 0 Å². The van der Waals surface area contributed by atoms with E-state index in [0.29, 0.717) is 5.56 Å². The number of hydrogen-bond acceptors (Lipinski definition) is 3. The number of hydrogen-bond donors (Lipinski definition) is 1. The van der Waals surface area contributed by atoms with Crippen LogP contribution in [0.25, 0.3) is 0 Å². The Bertz CT molecular complexity index is 734. The van der Waals surface area contributed by atoms with Gasteiger partial charge in [-0.15, -0.1) is 0 Å². The number of carbonyl (C=O) groups is 1. The highest BCUT2D eigenvalue weighted by molar-refractivity contribution is 9.10. The van der Waals surface area contributed by atoms with Crippen molar-refractivity contribution in [3.63, 3.8) is 0 Å². The van der Waals surface area contributed by atoms with Crippen molar-refractivity contribution >= 4 is 33.2 Å². The number of amides is 1. The highest BCUT2D eigenvalue weighted by atomic mass is 79.9. The third-order valence-electron chi connectivity index (χ3n) is 2.85. The first-order valence-corrected chi connectivity index (χ1v) is 6.69. The number of halogens is 2. The molecule has 0 atom stereocenters. The molecule has 0 aromatic heterocycles. The highest BCUT2D eigenvalue weighted by Gasteiger charge is 2.15. The summed E-state index contributed by atoms with van der Waals surface area (Å²) in [6, 6.07) is 8.31. The second-order valence-corrected chi connectivity index (χ2v) is 5.20. The Morgan fingerprint density at radius 2 is 2.00 bits per heavy atom. The van der Waals surface area contributed by atoms with Gasteiger partial charge in [0.05, 0.1) is 9.40 Å². The average molecular weight is 353 g/mol. The smallest absolute Gasteiger partial charge is 0.273 e. The number of aryl methyl sites for hydroxylation is 1. The topological polar surface area (TPSA) is 72.2 Å². The minimum absolute atomic E-state index is 0.135. The largest absolute Gasteiger partial charge is 0.322 e. The molecule has 0 heterocycles. The molecule has 0 saturated carbocycles. The van der Waals surface area contributed by atoms with Gasteiger partial charge in [0.2, 0.25) is 0 Å². The predicted octanol–water partition coefficient (Wildman–Crippen LogP) is 4.06. The zero-order valence-electron chi connectivity index (χ0n) is 10.9. The molecule has 0 bridgehead atoms. The second kappa shape index (κ2) is 6.01. The van der Waals surface area contributed by atoms with Gasteiger partial charge >= 0.3 is 0 Å². The first kappa shape index (κ1) is 15.1. The Balaban J connectivity index is 2.26. The highest BCUT2D eigenvalue weighted by Crippen LogP contribution is 2.22. The van der Waals surface area contributed by atoms with Gasteiger partial charge in [-0.3, -0.25) is 14.9 Å². The van der Waals surface area contributed by atoms with E-state index in [1.807, 2.05) is 0 Å². The van der Waals surface area contributed by atoms with E-state index in [1.165, 1.54) is 30.3 Å². The molecule has 0 fully saturated rings. The summed E-state index contributed by atoms with van der Waals surface area (Å²) in [5, 5.41) is 13.3. The molecule has 0 aliphatic carbocycles. The molecule has 2 rings (SSSR count). The standard InChI is InChI=1S/C14H10BrFN2O3/c1-8-2-3-9(6-13(8)18(20)21)14(19)17-10-4-5-11(15)12(16)7-10/h2-7H,1H3,(H,17,19). The van der Waals surface area contributed by atoms with Crippen LogP contribution in [0.5, 0.6) is 0 Å². The van der Waals surface area contributed by atoms with Crippen LogP contribution in [0.3, 0.4) is 0 Å². The molecule has 0 saturated heterocycles. The van der Waals surface area contributed by atoms with Gasteiger partial charge in [-0.1, -0.05) is 6.07 Å². The number of benzene rings is 2. The maximum atomic E-state index is 13.4. The number of nitrogens with one attached hydrogen (secondary N) is 1. The molecule has 5 nitrogen and oxygen atoms in total. The van der Waals surface area contributed by atoms with E-state index >= 15 is 0 Å². The first-order chi connectivity index (χ1) is 9.88. The zero-order valence-corrected chi connectivity index (χ0v) is 12.5. The van der Waals surface area contributed by atoms with Crippen LogP contribution in [0.4, 0.5) is 15.8 Å². The van der Waals surface area contributed by atoms with Crippen LogP contribution in [0.15, 0.2) is 40.9 Å². The Hall–Kier alpha value is -2.28. The molecular formula is C14H10BrFN2O3. The van der Waals surface area contributed by atoms with Gasteiger partial charge < -0.3 is 5.32 Å². The Labute approximate surface area is 128 Å². The molecule has 0 unspecified atom stereocenters. The summed E-state index contributed by atoms with van der Waals surface area (Å²) in [6.45, 7) is 1.59. The monoisotopic (exact) mass is 352 g/mol. The van der Waals surface area contributed by atoms with E-state index in [2.05, 4.69) is 21.2 Å². The second-order valence-electron chi connectivity index (χ2n) is 4.34. The molecular weight excluding hydrogens is 343 g/mol. The third kappa shape index (κ3) is 3.43. The normalized spacial score (nSPS) is 10.2. The lowest BCUT2D eigenvalue weighted by Gasteiger charge is -2.06. The molecule has 21 heavy (non-hydrogen) atoms. The number of carbonyl (C=O) groups excluding carboxylic acids is 1. The lowest BCUT2D eigenvalue weighted by Crippen LogP contribution is -2.12. The van der Waals surface area contributed by atoms with Crippen LogP contribution in [0.2, 0.25) is 0 Å². The first-order valence-electron chi connectivity index (χ1n) is 5.90. The predicted molar refractivity (Wildman–Crippen MR) is 79.9 cm³/mol. The SMILES string of the molecule is Cc1ccc(C(=O)Nc2ccc(Br)c(F)c2)cc1[N+](=O)[O-]. The molecule has 1 N–H and O–H groups in total. The summed E-state index contributed by atoms with van der Waals surface area (Å²) in [4.78, 5) is 22.3. The minimum atomic E-state index is -0.550. The van der Waals surface area contributed by atoms with E-state index in [1.54, 1.807) is 6.92 Å². The molecule has 0 radical (unpaired) electrons. The van der Waals surface area contributed by atoms with Gasteiger partial charge in [0.15, 0.2) is 0 Å². The van der Waals surface area contributed by atoms with Crippen molar-refractivity contribution in [2.45, 2.75) is 6.92 Å². The summed E-state index contributed by atoms with van der Waals surface area (Å²) in [7, 11) is 0. The number of nitrogens with zero attached hydrogens (tertiary/aromatic N) is 1. The van der Waals surface area contributed by atoms with E-state index < -0.39 is 16.6 Å². The number of nitro groups is 1.